The number of hydrogen-bond donors (Lipinski definition) is 1. The van der Waals surface area contributed by atoms with Crippen LogP contribution in [-0.2, 0) is 4.79 Å². The van der Waals surface area contributed by atoms with Crippen LogP contribution in [0.3, 0.4) is 0 Å². The van der Waals surface area contributed by atoms with Gasteiger partial charge in [-0.1, -0.05) is 18.5 Å². The number of nitrogens with one attached hydrogen (secondary N) is 1. The molecular weight excluding hydrogens is 228 g/mol. The summed E-state index contributed by atoms with van der Waals surface area (Å²) in [5, 5.41) is 3.00. The van der Waals surface area contributed by atoms with Crippen molar-refractivity contribution in [2.45, 2.75) is 6.92 Å². The Kier molecular flexibility index (Phi) is 4.49. The predicted molar refractivity (Wildman–Crippen MR) is 63.5 cm³/mol. The molecule has 0 saturated heterocycles. The number of aromatic nitrogens is 2. The molecule has 0 fully saturated rings. The SMILES string of the molecule is CNC(=O)C(C)CN(C)c1cc(Cl)ncn1. The first-order valence-corrected chi connectivity index (χ1v) is 5.32. The molecule has 0 spiro atoms. The highest BCUT2D eigenvalue weighted by Gasteiger charge is 2.14. The second kappa shape index (κ2) is 5.65. The second-order valence-electron chi connectivity index (χ2n) is 3.59. The van der Waals surface area contributed by atoms with E-state index in [1.54, 1.807) is 13.1 Å². The Morgan fingerprint density at radius 2 is 2.31 bits per heavy atom. The Bertz CT molecular complexity index is 372. The minimum atomic E-state index is -0.108. The zero-order valence-corrected chi connectivity index (χ0v) is 10.3. The zero-order chi connectivity index (χ0) is 12.1. The summed E-state index contributed by atoms with van der Waals surface area (Å²) < 4.78 is 0. The van der Waals surface area contributed by atoms with Crippen LogP contribution in [0.15, 0.2) is 12.4 Å². The van der Waals surface area contributed by atoms with E-state index in [0.717, 1.165) is 0 Å². The van der Waals surface area contributed by atoms with Crippen LogP contribution in [-0.4, -0.2) is 36.5 Å². The van der Waals surface area contributed by atoms with Gasteiger partial charge in [0.1, 0.15) is 17.3 Å². The van der Waals surface area contributed by atoms with Crippen molar-refractivity contribution in [2.75, 3.05) is 25.5 Å². The fourth-order valence-corrected chi connectivity index (χ4v) is 1.51. The van der Waals surface area contributed by atoms with Gasteiger partial charge in [0, 0.05) is 26.7 Å². The van der Waals surface area contributed by atoms with Crippen molar-refractivity contribution < 1.29 is 4.79 Å². The van der Waals surface area contributed by atoms with E-state index in [1.165, 1.54) is 6.33 Å². The summed E-state index contributed by atoms with van der Waals surface area (Å²) >= 11 is 5.76. The maximum atomic E-state index is 11.3. The number of amides is 1. The Hall–Kier alpha value is -1.36. The van der Waals surface area contributed by atoms with Crippen LogP contribution in [0.5, 0.6) is 0 Å². The molecule has 88 valence electrons. The highest BCUT2D eigenvalue weighted by Crippen LogP contribution is 2.13. The van der Waals surface area contributed by atoms with Gasteiger partial charge in [0.2, 0.25) is 5.91 Å². The molecule has 1 atom stereocenters. The van der Waals surface area contributed by atoms with E-state index in [1.807, 2.05) is 18.9 Å². The van der Waals surface area contributed by atoms with Gasteiger partial charge in [0.25, 0.3) is 0 Å². The monoisotopic (exact) mass is 242 g/mol. The number of carbonyl (C=O) groups is 1. The largest absolute Gasteiger partial charge is 0.359 e. The molecule has 1 unspecified atom stereocenters. The van der Waals surface area contributed by atoms with Gasteiger partial charge in [-0.3, -0.25) is 4.79 Å². The standard InChI is InChI=1S/C10H15ClN4O/c1-7(10(16)12-2)5-15(3)9-4-8(11)13-6-14-9/h4,6-7H,5H2,1-3H3,(H,12,16). The molecule has 1 heterocycles. The lowest BCUT2D eigenvalue weighted by Gasteiger charge is -2.21. The summed E-state index contributed by atoms with van der Waals surface area (Å²) in [6, 6.07) is 1.66. The van der Waals surface area contributed by atoms with Gasteiger partial charge in [-0.25, -0.2) is 9.97 Å². The third-order valence-electron chi connectivity index (χ3n) is 2.25. The summed E-state index contributed by atoms with van der Waals surface area (Å²) in [5.41, 5.74) is 0. The first-order valence-electron chi connectivity index (χ1n) is 4.95. The molecule has 0 aromatic carbocycles. The van der Waals surface area contributed by atoms with E-state index in [-0.39, 0.29) is 11.8 Å². The van der Waals surface area contributed by atoms with Gasteiger partial charge in [-0.05, 0) is 0 Å². The van der Waals surface area contributed by atoms with E-state index in [4.69, 9.17) is 11.6 Å². The molecule has 0 aliphatic heterocycles. The lowest BCUT2D eigenvalue weighted by Crippen LogP contribution is -2.34. The van der Waals surface area contributed by atoms with Crippen molar-refractivity contribution in [3.63, 3.8) is 0 Å². The number of rotatable bonds is 4. The molecule has 0 aliphatic rings. The van der Waals surface area contributed by atoms with Crippen LogP contribution in [0.4, 0.5) is 5.82 Å². The molecular formula is C10H15ClN4O. The third-order valence-corrected chi connectivity index (χ3v) is 2.46. The first-order chi connectivity index (χ1) is 7.54. The van der Waals surface area contributed by atoms with Crippen LogP contribution in [0.2, 0.25) is 5.15 Å². The molecule has 6 heteroatoms. The Balaban J connectivity index is 2.65. The van der Waals surface area contributed by atoms with Crippen LogP contribution < -0.4 is 10.2 Å². The maximum Gasteiger partial charge on any atom is 0.224 e. The molecule has 0 saturated carbocycles. The van der Waals surface area contributed by atoms with Gasteiger partial charge in [-0.15, -0.1) is 0 Å². The molecule has 0 radical (unpaired) electrons. The molecule has 1 rings (SSSR count). The van der Waals surface area contributed by atoms with Crippen molar-refractivity contribution >= 4 is 23.3 Å². The fraction of sp³-hybridized carbons (Fsp3) is 0.500. The molecule has 1 aromatic rings. The molecule has 1 N–H and O–H groups in total. The number of halogens is 1. The topological polar surface area (TPSA) is 58.1 Å². The number of hydrogen-bond acceptors (Lipinski definition) is 4. The van der Waals surface area contributed by atoms with E-state index >= 15 is 0 Å². The number of nitrogens with zero attached hydrogens (tertiary/aromatic N) is 3. The second-order valence-corrected chi connectivity index (χ2v) is 3.98. The van der Waals surface area contributed by atoms with Crippen LogP contribution in [0.1, 0.15) is 6.92 Å². The van der Waals surface area contributed by atoms with Gasteiger partial charge >= 0.3 is 0 Å². The summed E-state index contributed by atoms with van der Waals surface area (Å²) in [6.07, 6.45) is 1.40. The third kappa shape index (κ3) is 3.34. The highest BCUT2D eigenvalue weighted by atomic mass is 35.5. The predicted octanol–water partition coefficient (Wildman–Crippen LogP) is 0.948. The molecule has 1 aromatic heterocycles. The van der Waals surface area contributed by atoms with Gasteiger partial charge in [0.15, 0.2) is 0 Å². The van der Waals surface area contributed by atoms with E-state index < -0.39 is 0 Å². The smallest absolute Gasteiger partial charge is 0.224 e. The minimum Gasteiger partial charge on any atom is -0.359 e. The van der Waals surface area contributed by atoms with Crippen molar-refractivity contribution in [2.24, 2.45) is 5.92 Å². The summed E-state index contributed by atoms with van der Waals surface area (Å²) in [7, 11) is 3.48. The van der Waals surface area contributed by atoms with E-state index in [0.29, 0.717) is 17.5 Å². The van der Waals surface area contributed by atoms with Crippen LogP contribution in [0.25, 0.3) is 0 Å². The van der Waals surface area contributed by atoms with E-state index in [9.17, 15) is 4.79 Å². The average molecular weight is 243 g/mol. The average Bonchev–Trinajstić information content (AvgIpc) is 2.27. The molecule has 1 amide bonds. The Labute approximate surface area is 99.8 Å². The number of anilines is 1. The van der Waals surface area contributed by atoms with Crippen molar-refractivity contribution in [1.82, 2.24) is 15.3 Å². The summed E-state index contributed by atoms with van der Waals surface area (Å²) in [6.45, 7) is 2.44. The van der Waals surface area contributed by atoms with Gasteiger partial charge < -0.3 is 10.2 Å². The quantitative estimate of drug-likeness (QED) is 0.799. The van der Waals surface area contributed by atoms with Crippen molar-refractivity contribution in [3.8, 4) is 0 Å². The van der Waals surface area contributed by atoms with Crippen LogP contribution >= 0.6 is 11.6 Å². The summed E-state index contributed by atoms with van der Waals surface area (Å²) in [5.74, 6) is 0.603. The van der Waals surface area contributed by atoms with Gasteiger partial charge in [-0.2, -0.15) is 0 Å². The van der Waals surface area contributed by atoms with Crippen LogP contribution in [0, 0.1) is 5.92 Å². The first kappa shape index (κ1) is 12.7. The van der Waals surface area contributed by atoms with Crippen molar-refractivity contribution in [1.29, 1.82) is 0 Å². The fourth-order valence-electron chi connectivity index (χ4n) is 1.37. The molecule has 0 aliphatic carbocycles. The summed E-state index contributed by atoms with van der Waals surface area (Å²) in [4.78, 5) is 21.1. The Morgan fingerprint density at radius 1 is 1.62 bits per heavy atom. The minimum absolute atomic E-state index is 0.00648. The lowest BCUT2D eigenvalue weighted by molar-refractivity contribution is -0.123. The lowest BCUT2D eigenvalue weighted by atomic mass is 10.1. The zero-order valence-electron chi connectivity index (χ0n) is 9.57. The number of carbonyl (C=O) groups excluding carboxylic acids is 1. The molecule has 16 heavy (non-hydrogen) atoms. The van der Waals surface area contributed by atoms with Gasteiger partial charge in [0.05, 0.1) is 5.92 Å². The highest BCUT2D eigenvalue weighted by molar-refractivity contribution is 6.29. The Morgan fingerprint density at radius 3 is 2.88 bits per heavy atom. The van der Waals surface area contributed by atoms with Crippen molar-refractivity contribution in [3.05, 3.63) is 17.5 Å². The normalized spacial score (nSPS) is 12.0. The molecule has 5 nitrogen and oxygen atoms in total. The van der Waals surface area contributed by atoms with E-state index in [2.05, 4.69) is 15.3 Å². The molecule has 0 bridgehead atoms. The maximum absolute atomic E-state index is 11.3.